The zero-order valence-electron chi connectivity index (χ0n) is 12.8. The van der Waals surface area contributed by atoms with Crippen LogP contribution >= 0.6 is 11.3 Å². The van der Waals surface area contributed by atoms with E-state index in [4.69, 9.17) is 4.42 Å². The number of aliphatic hydroxyl groups is 1. The van der Waals surface area contributed by atoms with Gasteiger partial charge in [-0.2, -0.15) is 0 Å². The lowest BCUT2D eigenvalue weighted by atomic mass is 10.2. The molecule has 0 spiro atoms. The van der Waals surface area contributed by atoms with Gasteiger partial charge in [-0.05, 0) is 29.7 Å². The third kappa shape index (κ3) is 4.31. The second-order valence-electron chi connectivity index (χ2n) is 5.51. The molecule has 1 atom stereocenters. The number of thiophene rings is 1. The highest BCUT2D eigenvalue weighted by molar-refractivity contribution is 7.10. The van der Waals surface area contributed by atoms with Crippen LogP contribution < -0.4 is 0 Å². The van der Waals surface area contributed by atoms with Gasteiger partial charge in [-0.3, -0.25) is 9.69 Å². The Balaban J connectivity index is 1.45. The predicted octanol–water partition coefficient (Wildman–Crippen LogP) is 2.23. The van der Waals surface area contributed by atoms with Crippen molar-refractivity contribution in [2.24, 2.45) is 0 Å². The van der Waals surface area contributed by atoms with Crippen LogP contribution in [0.3, 0.4) is 0 Å². The normalized spacial score (nSPS) is 17.7. The van der Waals surface area contributed by atoms with Gasteiger partial charge in [0.25, 0.3) is 0 Å². The van der Waals surface area contributed by atoms with Crippen LogP contribution in [0, 0.1) is 0 Å². The molecule has 0 saturated carbocycles. The molecular formula is C17H20N2O3S. The van der Waals surface area contributed by atoms with Gasteiger partial charge < -0.3 is 14.4 Å². The average molecular weight is 332 g/mol. The van der Waals surface area contributed by atoms with Crippen molar-refractivity contribution in [2.45, 2.75) is 6.10 Å². The number of hydrogen-bond donors (Lipinski definition) is 1. The van der Waals surface area contributed by atoms with Crippen LogP contribution in [0.4, 0.5) is 0 Å². The number of carbonyl (C=O) groups is 1. The smallest absolute Gasteiger partial charge is 0.246 e. The molecule has 2 aromatic rings. The molecule has 0 bridgehead atoms. The summed E-state index contributed by atoms with van der Waals surface area (Å²) in [6, 6.07) is 7.51. The number of amides is 1. The first-order valence-electron chi connectivity index (χ1n) is 7.67. The summed E-state index contributed by atoms with van der Waals surface area (Å²) in [5, 5.41) is 12.1. The molecule has 1 saturated heterocycles. The van der Waals surface area contributed by atoms with E-state index in [0.29, 0.717) is 25.4 Å². The molecule has 1 aliphatic rings. The average Bonchev–Trinajstić information content (AvgIpc) is 3.26. The van der Waals surface area contributed by atoms with E-state index >= 15 is 0 Å². The Bertz CT molecular complexity index is 629. The van der Waals surface area contributed by atoms with Crippen LogP contribution in [0.25, 0.3) is 6.08 Å². The molecular weight excluding hydrogens is 312 g/mol. The van der Waals surface area contributed by atoms with Gasteiger partial charge in [0.05, 0.1) is 6.26 Å². The fraction of sp³-hybridized carbons (Fsp3) is 0.353. The lowest BCUT2D eigenvalue weighted by Gasteiger charge is -2.34. The molecule has 1 amide bonds. The third-order valence-corrected chi connectivity index (χ3v) is 4.76. The van der Waals surface area contributed by atoms with E-state index < -0.39 is 6.10 Å². The van der Waals surface area contributed by atoms with Crippen LogP contribution in [0.2, 0.25) is 0 Å². The maximum absolute atomic E-state index is 12.2. The zero-order valence-corrected chi connectivity index (χ0v) is 13.6. The first kappa shape index (κ1) is 16.0. The van der Waals surface area contributed by atoms with Crippen LogP contribution in [0.5, 0.6) is 0 Å². The number of β-amino-alcohol motifs (C(OH)–C–C–N with tert-alkyl or cyclic N) is 1. The van der Waals surface area contributed by atoms with E-state index in [2.05, 4.69) is 4.90 Å². The summed E-state index contributed by atoms with van der Waals surface area (Å²) in [7, 11) is 0. The van der Waals surface area contributed by atoms with Gasteiger partial charge in [-0.15, -0.1) is 11.3 Å². The molecule has 2 aromatic heterocycles. The molecule has 0 aromatic carbocycles. The van der Waals surface area contributed by atoms with Crippen molar-refractivity contribution in [2.75, 3.05) is 32.7 Å². The van der Waals surface area contributed by atoms with Crippen molar-refractivity contribution in [1.82, 2.24) is 9.80 Å². The lowest BCUT2D eigenvalue weighted by Crippen LogP contribution is -2.49. The molecule has 23 heavy (non-hydrogen) atoms. The van der Waals surface area contributed by atoms with E-state index in [-0.39, 0.29) is 5.91 Å². The molecule has 6 heteroatoms. The highest BCUT2D eigenvalue weighted by atomic mass is 32.1. The monoisotopic (exact) mass is 332 g/mol. The Morgan fingerprint density at radius 2 is 2.13 bits per heavy atom. The Morgan fingerprint density at radius 3 is 2.78 bits per heavy atom. The second-order valence-corrected chi connectivity index (χ2v) is 6.49. The highest BCUT2D eigenvalue weighted by Crippen LogP contribution is 2.16. The molecule has 0 radical (unpaired) electrons. The second kappa shape index (κ2) is 7.59. The minimum absolute atomic E-state index is 0.0460. The number of hydrogen-bond acceptors (Lipinski definition) is 5. The number of furan rings is 1. The van der Waals surface area contributed by atoms with E-state index in [0.717, 1.165) is 18.0 Å². The summed E-state index contributed by atoms with van der Waals surface area (Å²) >= 11 is 1.61. The summed E-state index contributed by atoms with van der Waals surface area (Å²) in [5.41, 5.74) is 0. The molecule has 122 valence electrons. The van der Waals surface area contributed by atoms with Gasteiger partial charge in [0.2, 0.25) is 5.91 Å². The number of piperazine rings is 1. The number of carbonyl (C=O) groups excluding carboxylic acids is 1. The van der Waals surface area contributed by atoms with Gasteiger partial charge in [-0.25, -0.2) is 0 Å². The standard InChI is InChI=1S/C17H20N2O3S/c20-15(16-4-1-11-22-16)13-18-7-9-19(10-8-18)17(21)6-5-14-3-2-12-23-14/h1-6,11-12,15,20H,7-10,13H2. The van der Waals surface area contributed by atoms with E-state index in [1.165, 1.54) is 0 Å². The number of rotatable bonds is 5. The van der Waals surface area contributed by atoms with Crippen LogP contribution in [0.1, 0.15) is 16.7 Å². The molecule has 1 fully saturated rings. The van der Waals surface area contributed by atoms with Crippen LogP contribution in [-0.4, -0.2) is 53.5 Å². The fourth-order valence-corrected chi connectivity index (χ4v) is 3.23. The first-order valence-corrected chi connectivity index (χ1v) is 8.54. The SMILES string of the molecule is O=C(C=Cc1cccs1)N1CCN(CC(O)c2ccco2)CC1. The van der Waals surface area contributed by atoms with Crippen molar-refractivity contribution < 1.29 is 14.3 Å². The van der Waals surface area contributed by atoms with Crippen molar-refractivity contribution in [3.05, 3.63) is 52.6 Å². The molecule has 3 rings (SSSR count). The van der Waals surface area contributed by atoms with E-state index in [9.17, 15) is 9.90 Å². The van der Waals surface area contributed by atoms with Crippen molar-refractivity contribution in [1.29, 1.82) is 0 Å². The summed E-state index contributed by atoms with van der Waals surface area (Å²) < 4.78 is 5.21. The summed E-state index contributed by atoms with van der Waals surface area (Å²) in [4.78, 5) is 17.3. The predicted molar refractivity (Wildman–Crippen MR) is 90.0 cm³/mol. The van der Waals surface area contributed by atoms with Gasteiger partial charge in [0.1, 0.15) is 11.9 Å². The van der Waals surface area contributed by atoms with Crippen molar-refractivity contribution >= 4 is 23.3 Å². The van der Waals surface area contributed by atoms with E-state index in [1.54, 1.807) is 35.8 Å². The van der Waals surface area contributed by atoms with Gasteiger partial charge in [0, 0.05) is 43.7 Å². The number of aliphatic hydroxyl groups excluding tert-OH is 1. The van der Waals surface area contributed by atoms with Gasteiger partial charge >= 0.3 is 0 Å². The molecule has 1 unspecified atom stereocenters. The van der Waals surface area contributed by atoms with Crippen LogP contribution in [-0.2, 0) is 4.79 Å². The Morgan fingerprint density at radius 1 is 1.30 bits per heavy atom. The fourth-order valence-electron chi connectivity index (χ4n) is 2.61. The quantitative estimate of drug-likeness (QED) is 0.853. The lowest BCUT2D eigenvalue weighted by molar-refractivity contribution is -0.127. The van der Waals surface area contributed by atoms with Gasteiger partial charge in [0.15, 0.2) is 0 Å². The van der Waals surface area contributed by atoms with Gasteiger partial charge in [-0.1, -0.05) is 6.07 Å². The van der Waals surface area contributed by atoms with Crippen molar-refractivity contribution in [3.63, 3.8) is 0 Å². The molecule has 5 nitrogen and oxygen atoms in total. The zero-order chi connectivity index (χ0) is 16.1. The minimum atomic E-state index is -0.619. The van der Waals surface area contributed by atoms with E-state index in [1.807, 2.05) is 28.5 Å². The summed E-state index contributed by atoms with van der Waals surface area (Å²) in [6.07, 6.45) is 4.44. The maximum atomic E-state index is 12.2. The molecule has 0 aliphatic carbocycles. The molecule has 1 N–H and O–H groups in total. The third-order valence-electron chi connectivity index (χ3n) is 3.92. The topological polar surface area (TPSA) is 56.9 Å². The Kier molecular flexibility index (Phi) is 5.27. The van der Waals surface area contributed by atoms with Crippen LogP contribution in [0.15, 0.2) is 46.4 Å². The molecule has 1 aliphatic heterocycles. The van der Waals surface area contributed by atoms with Crippen molar-refractivity contribution in [3.8, 4) is 0 Å². The maximum Gasteiger partial charge on any atom is 0.246 e. The first-order chi connectivity index (χ1) is 11.2. The summed E-state index contributed by atoms with van der Waals surface area (Å²) in [5.74, 6) is 0.632. The Hall–Kier alpha value is -1.89. The minimum Gasteiger partial charge on any atom is -0.467 e. The Labute approximate surface area is 139 Å². The largest absolute Gasteiger partial charge is 0.467 e. The summed E-state index contributed by atoms with van der Waals surface area (Å²) in [6.45, 7) is 3.41. The molecule has 3 heterocycles. The highest BCUT2D eigenvalue weighted by Gasteiger charge is 2.22. The number of nitrogens with zero attached hydrogens (tertiary/aromatic N) is 2.